The van der Waals surface area contributed by atoms with Crippen molar-refractivity contribution in [2.45, 2.75) is 27.3 Å². The van der Waals surface area contributed by atoms with Crippen LogP contribution in [-0.4, -0.2) is 53.6 Å². The number of anilines is 1. The Morgan fingerprint density at radius 2 is 1.88 bits per heavy atom. The average Bonchev–Trinajstić information content (AvgIpc) is 2.92. The average molecular weight is 360 g/mol. The lowest BCUT2D eigenvalue weighted by atomic mass is 10.2. The maximum absolute atomic E-state index is 13.6. The van der Waals surface area contributed by atoms with Crippen LogP contribution in [0.1, 0.15) is 22.6 Å². The molecule has 1 N–H and O–H groups in total. The quantitative estimate of drug-likeness (QED) is 0.888. The first kappa shape index (κ1) is 18.5. The van der Waals surface area contributed by atoms with Gasteiger partial charge in [0.25, 0.3) is 0 Å². The van der Waals surface area contributed by atoms with Gasteiger partial charge in [-0.1, -0.05) is 11.2 Å². The lowest BCUT2D eigenvalue weighted by Gasteiger charge is -2.34. The zero-order valence-corrected chi connectivity index (χ0v) is 15.5. The molecule has 1 aromatic heterocycles. The number of aromatic nitrogens is 1. The van der Waals surface area contributed by atoms with Gasteiger partial charge in [0.2, 0.25) is 5.91 Å². The summed E-state index contributed by atoms with van der Waals surface area (Å²) in [6.07, 6.45) is 0. The Kier molecular flexibility index (Phi) is 5.68. The Morgan fingerprint density at radius 3 is 2.50 bits per heavy atom. The Morgan fingerprint density at radius 1 is 1.19 bits per heavy atom. The van der Waals surface area contributed by atoms with E-state index in [1.54, 1.807) is 19.1 Å². The normalized spacial score (nSPS) is 16.0. The minimum atomic E-state index is -0.310. The number of halogens is 1. The fourth-order valence-corrected chi connectivity index (χ4v) is 3.13. The number of carbonyl (C=O) groups is 1. The van der Waals surface area contributed by atoms with Crippen LogP contribution < -0.4 is 5.32 Å². The highest BCUT2D eigenvalue weighted by atomic mass is 19.1. The zero-order valence-electron chi connectivity index (χ0n) is 15.5. The molecular formula is C19H25FN4O2. The summed E-state index contributed by atoms with van der Waals surface area (Å²) in [5.74, 6) is 0.442. The molecule has 0 radical (unpaired) electrons. The van der Waals surface area contributed by atoms with Crippen molar-refractivity contribution in [2.75, 3.05) is 38.0 Å². The molecule has 26 heavy (non-hydrogen) atoms. The lowest BCUT2D eigenvalue weighted by Crippen LogP contribution is -2.48. The molecule has 6 nitrogen and oxygen atoms in total. The van der Waals surface area contributed by atoms with Crippen molar-refractivity contribution in [3.63, 3.8) is 0 Å². The van der Waals surface area contributed by atoms with Gasteiger partial charge in [0, 0.05) is 44.0 Å². The molecule has 1 amide bonds. The highest BCUT2D eigenvalue weighted by molar-refractivity contribution is 5.92. The third kappa shape index (κ3) is 4.47. The van der Waals surface area contributed by atoms with Gasteiger partial charge >= 0.3 is 0 Å². The lowest BCUT2D eigenvalue weighted by molar-refractivity contribution is -0.117. The summed E-state index contributed by atoms with van der Waals surface area (Å²) in [5, 5.41) is 6.76. The van der Waals surface area contributed by atoms with Gasteiger partial charge in [0.05, 0.1) is 12.2 Å². The van der Waals surface area contributed by atoms with Crippen LogP contribution in [0.4, 0.5) is 10.1 Å². The second-order valence-electron chi connectivity index (χ2n) is 6.87. The van der Waals surface area contributed by atoms with Crippen molar-refractivity contribution >= 4 is 11.6 Å². The summed E-state index contributed by atoms with van der Waals surface area (Å²) in [4.78, 5) is 16.7. The van der Waals surface area contributed by atoms with Crippen molar-refractivity contribution in [1.29, 1.82) is 0 Å². The number of nitrogens with zero attached hydrogens (tertiary/aromatic N) is 3. The van der Waals surface area contributed by atoms with E-state index in [0.29, 0.717) is 17.8 Å². The molecular weight excluding hydrogens is 335 g/mol. The van der Waals surface area contributed by atoms with Gasteiger partial charge in [0.1, 0.15) is 11.6 Å². The number of amides is 1. The maximum Gasteiger partial charge on any atom is 0.238 e. The van der Waals surface area contributed by atoms with Crippen molar-refractivity contribution in [3.8, 4) is 0 Å². The number of benzene rings is 1. The summed E-state index contributed by atoms with van der Waals surface area (Å²) in [6, 6.07) is 4.74. The van der Waals surface area contributed by atoms with Crippen molar-refractivity contribution in [2.24, 2.45) is 0 Å². The molecule has 1 fully saturated rings. The molecule has 2 heterocycles. The number of piperazine rings is 1. The van der Waals surface area contributed by atoms with Crippen LogP contribution in [0.15, 0.2) is 22.7 Å². The van der Waals surface area contributed by atoms with Crippen LogP contribution in [0.2, 0.25) is 0 Å². The standard InChI is InChI=1S/C19H25FN4O2/c1-13-4-5-16(10-18(13)20)21-19(25)12-24-8-6-23(7-9-24)11-17-14(2)22-26-15(17)3/h4-5,10H,6-9,11-12H2,1-3H3,(H,21,25). The van der Waals surface area contributed by atoms with E-state index in [1.807, 2.05) is 13.8 Å². The fourth-order valence-electron chi connectivity index (χ4n) is 3.13. The number of aryl methyl sites for hydroxylation is 3. The van der Waals surface area contributed by atoms with Crippen LogP contribution in [0.5, 0.6) is 0 Å². The summed E-state index contributed by atoms with van der Waals surface area (Å²) in [7, 11) is 0. The molecule has 2 aromatic rings. The molecule has 1 aliphatic rings. The first-order valence-corrected chi connectivity index (χ1v) is 8.85. The van der Waals surface area contributed by atoms with Crippen LogP contribution in [0, 0.1) is 26.6 Å². The zero-order chi connectivity index (χ0) is 18.7. The largest absolute Gasteiger partial charge is 0.361 e. The molecule has 1 aromatic carbocycles. The second kappa shape index (κ2) is 7.97. The van der Waals surface area contributed by atoms with E-state index in [2.05, 4.69) is 20.3 Å². The molecule has 3 rings (SSSR count). The van der Waals surface area contributed by atoms with Gasteiger partial charge < -0.3 is 9.84 Å². The highest BCUT2D eigenvalue weighted by Crippen LogP contribution is 2.17. The molecule has 1 saturated heterocycles. The third-order valence-corrected chi connectivity index (χ3v) is 4.85. The topological polar surface area (TPSA) is 61.6 Å². The van der Waals surface area contributed by atoms with E-state index < -0.39 is 0 Å². The van der Waals surface area contributed by atoms with Crippen molar-refractivity contribution < 1.29 is 13.7 Å². The Hall–Kier alpha value is -2.25. The number of rotatable bonds is 5. The maximum atomic E-state index is 13.6. The molecule has 1 aliphatic heterocycles. The fraction of sp³-hybridized carbons (Fsp3) is 0.474. The third-order valence-electron chi connectivity index (χ3n) is 4.85. The van der Waals surface area contributed by atoms with Gasteiger partial charge in [-0.25, -0.2) is 4.39 Å². The Labute approximate surface area is 152 Å². The molecule has 0 bridgehead atoms. The SMILES string of the molecule is Cc1ccc(NC(=O)CN2CCN(Cc3c(C)noc3C)CC2)cc1F. The molecule has 0 spiro atoms. The monoisotopic (exact) mass is 360 g/mol. The minimum absolute atomic E-state index is 0.118. The summed E-state index contributed by atoms with van der Waals surface area (Å²) >= 11 is 0. The highest BCUT2D eigenvalue weighted by Gasteiger charge is 2.21. The van der Waals surface area contributed by atoms with E-state index in [4.69, 9.17) is 4.52 Å². The Bertz CT molecular complexity index is 762. The first-order chi connectivity index (χ1) is 12.4. The van der Waals surface area contributed by atoms with Gasteiger partial charge in [-0.15, -0.1) is 0 Å². The number of hydrogen-bond acceptors (Lipinski definition) is 5. The van der Waals surface area contributed by atoms with Gasteiger partial charge in [-0.2, -0.15) is 0 Å². The minimum Gasteiger partial charge on any atom is -0.361 e. The molecule has 0 aliphatic carbocycles. The van der Waals surface area contributed by atoms with E-state index in [0.717, 1.165) is 49.7 Å². The number of carbonyl (C=O) groups excluding carboxylic acids is 1. The van der Waals surface area contributed by atoms with Crippen molar-refractivity contribution in [3.05, 3.63) is 46.6 Å². The molecule has 0 unspecified atom stereocenters. The van der Waals surface area contributed by atoms with Crippen molar-refractivity contribution in [1.82, 2.24) is 15.0 Å². The summed E-state index contributed by atoms with van der Waals surface area (Å²) in [5.41, 5.74) is 3.15. The van der Waals surface area contributed by atoms with E-state index in [1.165, 1.54) is 6.07 Å². The molecule has 140 valence electrons. The second-order valence-corrected chi connectivity index (χ2v) is 6.87. The van der Waals surface area contributed by atoms with Gasteiger partial charge in [-0.3, -0.25) is 14.6 Å². The summed E-state index contributed by atoms with van der Waals surface area (Å²) < 4.78 is 18.8. The molecule has 0 atom stereocenters. The van der Waals surface area contributed by atoms with E-state index in [-0.39, 0.29) is 11.7 Å². The van der Waals surface area contributed by atoms with Gasteiger partial charge in [0.15, 0.2) is 0 Å². The first-order valence-electron chi connectivity index (χ1n) is 8.85. The predicted octanol–water partition coefficient (Wildman–Crippen LogP) is 2.50. The van der Waals surface area contributed by atoms with E-state index >= 15 is 0 Å². The predicted molar refractivity (Wildman–Crippen MR) is 97.5 cm³/mol. The molecule has 7 heteroatoms. The van der Waals surface area contributed by atoms with Crippen LogP contribution in [0.25, 0.3) is 0 Å². The molecule has 0 saturated carbocycles. The number of hydrogen-bond donors (Lipinski definition) is 1. The van der Waals surface area contributed by atoms with Gasteiger partial charge in [-0.05, 0) is 38.5 Å². The van der Waals surface area contributed by atoms with Crippen LogP contribution in [0.3, 0.4) is 0 Å². The summed E-state index contributed by atoms with van der Waals surface area (Å²) in [6.45, 7) is 10.1. The Balaban J connectivity index is 1.46. The van der Waals surface area contributed by atoms with Crippen LogP contribution in [-0.2, 0) is 11.3 Å². The van der Waals surface area contributed by atoms with E-state index in [9.17, 15) is 9.18 Å². The smallest absolute Gasteiger partial charge is 0.238 e. The number of nitrogens with one attached hydrogen (secondary N) is 1. The van der Waals surface area contributed by atoms with Crippen LogP contribution >= 0.6 is 0 Å².